The van der Waals surface area contributed by atoms with Gasteiger partial charge in [-0.1, -0.05) is 12.1 Å². The Morgan fingerprint density at radius 2 is 1.56 bits per heavy atom. The van der Waals surface area contributed by atoms with Crippen LogP contribution in [0.3, 0.4) is 0 Å². The number of nitrogens with one attached hydrogen (secondary N) is 3. The van der Waals surface area contributed by atoms with Crippen LogP contribution in [0.4, 0.5) is 5.69 Å². The smallest absolute Gasteiger partial charge is 0.338 e. The molecule has 2 aromatic rings. The van der Waals surface area contributed by atoms with E-state index in [4.69, 9.17) is 4.74 Å². The Morgan fingerprint density at radius 1 is 0.938 bits per heavy atom. The topological polar surface area (TPSA) is 131 Å². The first-order valence-electron chi connectivity index (χ1n) is 10.1. The number of carbonyl (C=O) groups excluding carboxylic acids is 3. The molecule has 0 aromatic heterocycles. The molecule has 3 N–H and O–H groups in total. The lowest BCUT2D eigenvalue weighted by Crippen LogP contribution is -2.36. The van der Waals surface area contributed by atoms with E-state index in [2.05, 4.69) is 15.4 Å². The number of carbonyl (C=O) groups is 3. The van der Waals surface area contributed by atoms with Gasteiger partial charge in [-0.15, -0.1) is 0 Å². The first-order chi connectivity index (χ1) is 15.1. The summed E-state index contributed by atoms with van der Waals surface area (Å²) in [6.45, 7) is 5.64. The summed E-state index contributed by atoms with van der Waals surface area (Å²) in [6, 6.07) is 12.1. The van der Waals surface area contributed by atoms with E-state index in [0.29, 0.717) is 17.7 Å². The highest BCUT2D eigenvalue weighted by molar-refractivity contribution is 7.89. The van der Waals surface area contributed by atoms with Gasteiger partial charge >= 0.3 is 17.8 Å². The number of amides is 2. The number of hydrogen-bond acceptors (Lipinski definition) is 6. The van der Waals surface area contributed by atoms with Crippen LogP contribution in [0, 0.1) is 0 Å². The lowest BCUT2D eigenvalue weighted by Gasteiger charge is -2.10. The monoisotopic (exact) mass is 461 g/mol. The van der Waals surface area contributed by atoms with E-state index in [1.54, 1.807) is 32.9 Å². The molecular formula is C22H27N3O6S. The molecule has 2 rings (SSSR count). The van der Waals surface area contributed by atoms with E-state index in [1.165, 1.54) is 36.4 Å². The standard InChI is InChI=1S/C22H27N3O6S/c1-4-31-22(28)17-7-9-18(10-8-17)24-21(27)20(26)23-14-13-16-5-11-19(12-6-16)32(29,30)25-15(2)3/h5-12,15,25H,4,13-14H2,1-3H3,(H,23,26)(H,24,27). The van der Waals surface area contributed by atoms with Crippen molar-refractivity contribution in [2.75, 3.05) is 18.5 Å². The van der Waals surface area contributed by atoms with Crippen LogP contribution in [0.2, 0.25) is 0 Å². The first-order valence-corrected chi connectivity index (χ1v) is 11.6. The number of ether oxygens (including phenoxy) is 1. The van der Waals surface area contributed by atoms with Gasteiger partial charge in [-0.25, -0.2) is 17.9 Å². The van der Waals surface area contributed by atoms with E-state index in [-0.39, 0.29) is 24.1 Å². The first kappa shape index (κ1) is 25.0. The van der Waals surface area contributed by atoms with Crippen molar-refractivity contribution in [3.8, 4) is 0 Å². The van der Waals surface area contributed by atoms with Crippen molar-refractivity contribution >= 4 is 33.5 Å². The van der Waals surface area contributed by atoms with Crippen molar-refractivity contribution in [3.63, 3.8) is 0 Å². The third kappa shape index (κ3) is 7.47. The van der Waals surface area contributed by atoms with Gasteiger partial charge in [0.05, 0.1) is 17.1 Å². The molecule has 32 heavy (non-hydrogen) atoms. The molecule has 0 bridgehead atoms. The van der Waals surface area contributed by atoms with Gasteiger partial charge in [0.1, 0.15) is 0 Å². The van der Waals surface area contributed by atoms with Gasteiger partial charge in [0.25, 0.3) is 0 Å². The average Bonchev–Trinajstić information content (AvgIpc) is 2.73. The molecule has 2 aromatic carbocycles. The molecular weight excluding hydrogens is 434 g/mol. The van der Waals surface area contributed by atoms with Crippen LogP contribution in [0.25, 0.3) is 0 Å². The van der Waals surface area contributed by atoms with E-state index in [0.717, 1.165) is 5.56 Å². The Hall–Kier alpha value is -3.24. The minimum Gasteiger partial charge on any atom is -0.462 e. The predicted octanol–water partition coefficient (Wildman–Crippen LogP) is 1.85. The Labute approximate surface area is 187 Å². The third-order valence-electron chi connectivity index (χ3n) is 4.18. The van der Waals surface area contributed by atoms with Gasteiger partial charge in [0.15, 0.2) is 0 Å². The van der Waals surface area contributed by atoms with Crippen LogP contribution < -0.4 is 15.4 Å². The zero-order chi connectivity index (χ0) is 23.7. The Bertz CT molecular complexity index is 1050. The van der Waals surface area contributed by atoms with Crippen molar-refractivity contribution < 1.29 is 27.5 Å². The zero-order valence-electron chi connectivity index (χ0n) is 18.2. The van der Waals surface area contributed by atoms with Gasteiger partial charge < -0.3 is 15.4 Å². The molecule has 0 aliphatic rings. The average molecular weight is 462 g/mol. The number of benzene rings is 2. The molecule has 0 fully saturated rings. The van der Waals surface area contributed by atoms with Gasteiger partial charge in [0.2, 0.25) is 10.0 Å². The maximum Gasteiger partial charge on any atom is 0.338 e. The summed E-state index contributed by atoms with van der Waals surface area (Å²) in [5.74, 6) is -2.11. The number of hydrogen-bond donors (Lipinski definition) is 3. The fourth-order valence-electron chi connectivity index (χ4n) is 2.71. The van der Waals surface area contributed by atoms with Crippen LogP contribution in [0.5, 0.6) is 0 Å². The molecule has 10 heteroatoms. The minimum absolute atomic E-state index is 0.160. The van der Waals surface area contributed by atoms with Gasteiger partial charge in [-0.3, -0.25) is 9.59 Å². The zero-order valence-corrected chi connectivity index (χ0v) is 19.0. The summed E-state index contributed by atoms with van der Waals surface area (Å²) < 4.78 is 31.6. The summed E-state index contributed by atoms with van der Waals surface area (Å²) in [7, 11) is -3.56. The maximum atomic E-state index is 12.1. The summed E-state index contributed by atoms with van der Waals surface area (Å²) >= 11 is 0. The molecule has 0 atom stereocenters. The molecule has 0 saturated heterocycles. The van der Waals surface area contributed by atoms with Crippen molar-refractivity contribution in [1.29, 1.82) is 0 Å². The maximum absolute atomic E-state index is 12.1. The molecule has 0 saturated carbocycles. The summed E-state index contributed by atoms with van der Waals surface area (Å²) in [5, 5.41) is 4.96. The van der Waals surface area contributed by atoms with E-state index >= 15 is 0 Å². The normalized spacial score (nSPS) is 11.1. The van der Waals surface area contributed by atoms with Crippen LogP contribution >= 0.6 is 0 Å². The molecule has 0 unspecified atom stereocenters. The second-order valence-electron chi connectivity index (χ2n) is 7.18. The summed E-state index contributed by atoms with van der Waals surface area (Å²) in [5.41, 5.74) is 1.52. The SMILES string of the molecule is CCOC(=O)c1ccc(NC(=O)C(=O)NCCc2ccc(S(=O)(=O)NC(C)C)cc2)cc1. The Morgan fingerprint density at radius 3 is 2.12 bits per heavy atom. The van der Waals surface area contributed by atoms with Crippen molar-refractivity contribution in [3.05, 3.63) is 59.7 Å². The molecule has 0 aliphatic carbocycles. The highest BCUT2D eigenvalue weighted by atomic mass is 32.2. The second-order valence-corrected chi connectivity index (χ2v) is 8.89. The summed E-state index contributed by atoms with van der Waals surface area (Å²) in [4.78, 5) is 35.8. The van der Waals surface area contributed by atoms with Crippen LogP contribution in [0.1, 0.15) is 36.7 Å². The Balaban J connectivity index is 1.82. The molecule has 172 valence electrons. The fourth-order valence-corrected chi connectivity index (χ4v) is 3.96. The number of sulfonamides is 1. The third-order valence-corrected chi connectivity index (χ3v) is 5.86. The molecule has 0 spiro atoms. The fraction of sp³-hybridized carbons (Fsp3) is 0.318. The quantitative estimate of drug-likeness (QED) is 0.386. The van der Waals surface area contributed by atoms with Crippen molar-refractivity contribution in [2.24, 2.45) is 0 Å². The number of rotatable bonds is 9. The van der Waals surface area contributed by atoms with E-state index < -0.39 is 27.8 Å². The number of anilines is 1. The summed E-state index contributed by atoms with van der Waals surface area (Å²) in [6.07, 6.45) is 0.422. The van der Waals surface area contributed by atoms with Crippen molar-refractivity contribution in [1.82, 2.24) is 10.0 Å². The van der Waals surface area contributed by atoms with Crippen LogP contribution in [-0.2, 0) is 30.8 Å². The molecule has 9 nitrogen and oxygen atoms in total. The van der Waals surface area contributed by atoms with Gasteiger partial charge in [-0.05, 0) is 69.2 Å². The highest BCUT2D eigenvalue weighted by Gasteiger charge is 2.16. The van der Waals surface area contributed by atoms with Gasteiger partial charge in [-0.2, -0.15) is 0 Å². The Kier molecular flexibility index (Phi) is 8.91. The van der Waals surface area contributed by atoms with E-state index in [9.17, 15) is 22.8 Å². The van der Waals surface area contributed by atoms with Crippen LogP contribution in [0.15, 0.2) is 53.4 Å². The largest absolute Gasteiger partial charge is 0.462 e. The molecule has 0 aliphatic heterocycles. The van der Waals surface area contributed by atoms with Crippen LogP contribution in [-0.4, -0.2) is 45.4 Å². The molecule has 2 amide bonds. The predicted molar refractivity (Wildman–Crippen MR) is 120 cm³/mol. The molecule has 0 radical (unpaired) electrons. The lowest BCUT2D eigenvalue weighted by atomic mass is 10.1. The number of esters is 1. The van der Waals surface area contributed by atoms with Gasteiger partial charge in [0, 0.05) is 18.3 Å². The van der Waals surface area contributed by atoms with Crippen molar-refractivity contribution in [2.45, 2.75) is 38.1 Å². The highest BCUT2D eigenvalue weighted by Crippen LogP contribution is 2.12. The minimum atomic E-state index is -3.56. The lowest BCUT2D eigenvalue weighted by molar-refractivity contribution is -0.136. The second kappa shape index (κ2) is 11.4. The van der Waals surface area contributed by atoms with E-state index in [1.807, 2.05) is 0 Å². The molecule has 0 heterocycles.